The lowest BCUT2D eigenvalue weighted by Gasteiger charge is -2.14. The zero-order valence-corrected chi connectivity index (χ0v) is 11.1. The number of aryl methyl sites for hydroxylation is 1. The van der Waals surface area contributed by atoms with Gasteiger partial charge in [-0.05, 0) is 42.7 Å². The van der Waals surface area contributed by atoms with Crippen LogP contribution in [0.5, 0.6) is 0 Å². The molecule has 0 amide bonds. The van der Waals surface area contributed by atoms with Crippen molar-refractivity contribution in [2.45, 2.75) is 25.8 Å². The molecule has 0 radical (unpaired) electrons. The Morgan fingerprint density at radius 3 is 2.78 bits per heavy atom. The number of nitrogens with two attached hydrogens (primary N) is 1. The Kier molecular flexibility index (Phi) is 4.47. The normalized spacial score (nSPS) is 12.6. The number of hydrogen-bond acceptors (Lipinski definition) is 3. The number of nitrogens with one attached hydrogen (secondary N) is 1. The average Bonchev–Trinajstić information content (AvgIpc) is 2.84. The number of hydrazine groups is 1. The Balaban J connectivity index is 2.14. The number of thiophene rings is 1. The van der Waals surface area contributed by atoms with E-state index in [9.17, 15) is 4.39 Å². The van der Waals surface area contributed by atoms with Gasteiger partial charge >= 0.3 is 0 Å². The Labute approximate surface area is 111 Å². The molecule has 1 aromatic heterocycles. The molecule has 0 spiro atoms. The molecule has 0 aliphatic carbocycles. The van der Waals surface area contributed by atoms with E-state index in [0.29, 0.717) is 6.42 Å². The van der Waals surface area contributed by atoms with Gasteiger partial charge in [-0.25, -0.2) is 4.39 Å². The van der Waals surface area contributed by atoms with E-state index in [1.165, 1.54) is 15.8 Å². The first-order chi connectivity index (χ1) is 8.72. The van der Waals surface area contributed by atoms with Gasteiger partial charge in [-0.3, -0.25) is 11.3 Å². The highest BCUT2D eigenvalue weighted by molar-refractivity contribution is 7.12. The molecule has 2 rings (SSSR count). The van der Waals surface area contributed by atoms with Crippen LogP contribution in [0.1, 0.15) is 28.3 Å². The summed E-state index contributed by atoms with van der Waals surface area (Å²) in [6.45, 7) is 2.13. The van der Waals surface area contributed by atoms with Gasteiger partial charge < -0.3 is 0 Å². The smallest absolute Gasteiger partial charge is 0.123 e. The van der Waals surface area contributed by atoms with Crippen LogP contribution >= 0.6 is 11.3 Å². The minimum atomic E-state index is -0.205. The minimum absolute atomic E-state index is 0.0390. The Bertz CT molecular complexity index is 510. The molecule has 1 atom stereocenters. The van der Waals surface area contributed by atoms with E-state index in [0.717, 1.165) is 12.0 Å². The third-order valence-electron chi connectivity index (χ3n) is 2.90. The van der Waals surface area contributed by atoms with Gasteiger partial charge in [0.05, 0.1) is 6.04 Å². The fourth-order valence-electron chi connectivity index (χ4n) is 1.91. The monoisotopic (exact) mass is 264 g/mol. The van der Waals surface area contributed by atoms with Crippen LogP contribution in [0.3, 0.4) is 0 Å². The molecule has 0 aliphatic rings. The summed E-state index contributed by atoms with van der Waals surface area (Å²) in [5.74, 6) is 5.40. The van der Waals surface area contributed by atoms with E-state index in [-0.39, 0.29) is 11.9 Å². The quantitative estimate of drug-likeness (QED) is 0.643. The summed E-state index contributed by atoms with van der Waals surface area (Å²) in [5, 5.41) is 0. The molecule has 0 saturated carbocycles. The molecule has 0 saturated heterocycles. The molecule has 2 aromatic rings. The first-order valence-electron chi connectivity index (χ1n) is 6.02. The SMILES string of the molecule is CCc1ccc(C(Cc2cccc(F)c2)NN)s1. The lowest BCUT2D eigenvalue weighted by Crippen LogP contribution is -2.28. The largest absolute Gasteiger partial charge is 0.271 e. The summed E-state index contributed by atoms with van der Waals surface area (Å²) in [4.78, 5) is 2.53. The maximum absolute atomic E-state index is 13.1. The number of halogens is 1. The van der Waals surface area contributed by atoms with E-state index in [1.807, 2.05) is 6.07 Å². The zero-order valence-electron chi connectivity index (χ0n) is 10.3. The summed E-state index contributed by atoms with van der Waals surface area (Å²) in [6, 6.07) is 10.9. The van der Waals surface area contributed by atoms with Crippen molar-refractivity contribution in [1.82, 2.24) is 5.43 Å². The fraction of sp³-hybridized carbons (Fsp3) is 0.286. The molecule has 2 nitrogen and oxygen atoms in total. The minimum Gasteiger partial charge on any atom is -0.271 e. The second-order valence-electron chi connectivity index (χ2n) is 4.21. The highest BCUT2D eigenvalue weighted by atomic mass is 32.1. The van der Waals surface area contributed by atoms with E-state index in [4.69, 9.17) is 5.84 Å². The number of hydrogen-bond donors (Lipinski definition) is 2. The van der Waals surface area contributed by atoms with Crippen LogP contribution in [0, 0.1) is 5.82 Å². The molecule has 0 bridgehead atoms. The van der Waals surface area contributed by atoms with Crippen LogP contribution in [-0.4, -0.2) is 0 Å². The Morgan fingerprint density at radius 2 is 2.17 bits per heavy atom. The summed E-state index contributed by atoms with van der Waals surface area (Å²) >= 11 is 1.75. The van der Waals surface area contributed by atoms with Crippen LogP contribution in [0.4, 0.5) is 4.39 Å². The van der Waals surface area contributed by atoms with Crippen molar-refractivity contribution >= 4 is 11.3 Å². The molecule has 1 unspecified atom stereocenters. The first kappa shape index (κ1) is 13.2. The van der Waals surface area contributed by atoms with Crippen molar-refractivity contribution in [3.05, 3.63) is 57.5 Å². The van der Waals surface area contributed by atoms with E-state index in [2.05, 4.69) is 24.5 Å². The molecule has 0 aliphatic heterocycles. The third-order valence-corrected chi connectivity index (χ3v) is 4.25. The second kappa shape index (κ2) is 6.09. The highest BCUT2D eigenvalue weighted by Crippen LogP contribution is 2.26. The van der Waals surface area contributed by atoms with Gasteiger partial charge in [0.2, 0.25) is 0 Å². The maximum Gasteiger partial charge on any atom is 0.123 e. The van der Waals surface area contributed by atoms with Crippen molar-refractivity contribution in [3.8, 4) is 0 Å². The molecule has 3 N–H and O–H groups in total. The highest BCUT2D eigenvalue weighted by Gasteiger charge is 2.13. The van der Waals surface area contributed by atoms with Crippen molar-refractivity contribution in [1.29, 1.82) is 0 Å². The van der Waals surface area contributed by atoms with Crippen molar-refractivity contribution in [3.63, 3.8) is 0 Å². The van der Waals surface area contributed by atoms with E-state index < -0.39 is 0 Å². The van der Waals surface area contributed by atoms with Gasteiger partial charge in [0.1, 0.15) is 5.82 Å². The molecule has 4 heteroatoms. The van der Waals surface area contributed by atoms with Gasteiger partial charge in [-0.2, -0.15) is 0 Å². The molecule has 18 heavy (non-hydrogen) atoms. The van der Waals surface area contributed by atoms with E-state index >= 15 is 0 Å². The number of benzene rings is 1. The van der Waals surface area contributed by atoms with Gasteiger partial charge in [-0.1, -0.05) is 19.1 Å². The van der Waals surface area contributed by atoms with Crippen LogP contribution < -0.4 is 11.3 Å². The zero-order chi connectivity index (χ0) is 13.0. The number of rotatable bonds is 5. The molecule has 1 aromatic carbocycles. The van der Waals surface area contributed by atoms with Gasteiger partial charge in [0.15, 0.2) is 0 Å². The Morgan fingerprint density at radius 1 is 1.33 bits per heavy atom. The van der Waals surface area contributed by atoms with Gasteiger partial charge in [0, 0.05) is 9.75 Å². The van der Waals surface area contributed by atoms with Crippen LogP contribution in [0.25, 0.3) is 0 Å². The average molecular weight is 264 g/mol. The molecular weight excluding hydrogens is 247 g/mol. The second-order valence-corrected chi connectivity index (χ2v) is 5.41. The maximum atomic E-state index is 13.1. The summed E-state index contributed by atoms with van der Waals surface area (Å²) in [6.07, 6.45) is 1.72. The fourth-order valence-corrected chi connectivity index (χ4v) is 2.93. The predicted molar refractivity (Wildman–Crippen MR) is 73.9 cm³/mol. The molecular formula is C14H17FN2S. The van der Waals surface area contributed by atoms with Crippen LogP contribution in [0.15, 0.2) is 36.4 Å². The molecule has 96 valence electrons. The lowest BCUT2D eigenvalue weighted by atomic mass is 10.1. The summed E-state index contributed by atoms with van der Waals surface area (Å²) < 4.78 is 13.1. The summed E-state index contributed by atoms with van der Waals surface area (Å²) in [5.41, 5.74) is 3.76. The molecule has 0 fully saturated rings. The van der Waals surface area contributed by atoms with Crippen LogP contribution in [-0.2, 0) is 12.8 Å². The predicted octanol–water partition coefficient (Wildman–Crippen LogP) is 3.20. The standard InChI is InChI=1S/C14H17FN2S/c1-2-12-6-7-14(18-12)13(17-16)9-10-4-3-5-11(15)8-10/h3-8,13,17H,2,9,16H2,1H3. The van der Waals surface area contributed by atoms with Crippen molar-refractivity contribution < 1.29 is 4.39 Å². The van der Waals surface area contributed by atoms with Crippen molar-refractivity contribution in [2.24, 2.45) is 5.84 Å². The first-order valence-corrected chi connectivity index (χ1v) is 6.83. The van der Waals surface area contributed by atoms with Crippen LogP contribution in [0.2, 0.25) is 0 Å². The summed E-state index contributed by atoms with van der Waals surface area (Å²) in [7, 11) is 0. The van der Waals surface area contributed by atoms with Gasteiger partial charge in [0.25, 0.3) is 0 Å². The third kappa shape index (κ3) is 3.16. The molecule has 1 heterocycles. The lowest BCUT2D eigenvalue weighted by molar-refractivity contribution is 0.557. The topological polar surface area (TPSA) is 38.0 Å². The van der Waals surface area contributed by atoms with E-state index in [1.54, 1.807) is 23.5 Å². The van der Waals surface area contributed by atoms with Crippen molar-refractivity contribution in [2.75, 3.05) is 0 Å². The Hall–Kier alpha value is -1.23. The van der Waals surface area contributed by atoms with Gasteiger partial charge in [-0.15, -0.1) is 11.3 Å².